The van der Waals surface area contributed by atoms with E-state index in [0.29, 0.717) is 12.1 Å². The molecule has 0 unspecified atom stereocenters. The topological polar surface area (TPSA) is 19.0 Å². The van der Waals surface area contributed by atoms with E-state index in [0.717, 1.165) is 45.2 Å². The highest BCUT2D eigenvalue weighted by Gasteiger charge is 2.21. The second-order valence-electron chi connectivity index (χ2n) is 9.67. The van der Waals surface area contributed by atoms with Crippen LogP contribution >= 0.6 is 0 Å². The number of benzene rings is 1. The Balaban J connectivity index is 1.36. The molecule has 3 rings (SSSR count). The van der Waals surface area contributed by atoms with Crippen molar-refractivity contribution < 1.29 is 4.74 Å². The molecule has 0 spiro atoms. The molecule has 2 fully saturated rings. The van der Waals surface area contributed by atoms with Gasteiger partial charge in [0, 0.05) is 64.1 Å². The molecule has 1 aromatic carbocycles. The van der Waals surface area contributed by atoms with Crippen molar-refractivity contribution in [2.24, 2.45) is 5.92 Å². The number of rotatable bonds is 9. The Bertz CT molecular complexity index is 570. The van der Waals surface area contributed by atoms with Crippen LogP contribution in [0.4, 0.5) is 5.69 Å². The van der Waals surface area contributed by atoms with Crippen LogP contribution < -0.4 is 4.90 Å². The number of hydrogen-bond donors (Lipinski definition) is 0. The maximum absolute atomic E-state index is 6.10. The second-order valence-corrected chi connectivity index (χ2v) is 9.67. The maximum Gasteiger partial charge on any atom is 0.0599 e. The zero-order chi connectivity index (χ0) is 20.6. The molecular weight excluding hydrogens is 358 g/mol. The molecule has 0 aliphatic carbocycles. The Morgan fingerprint density at radius 3 is 2.14 bits per heavy atom. The van der Waals surface area contributed by atoms with E-state index in [2.05, 4.69) is 66.7 Å². The highest BCUT2D eigenvalue weighted by Crippen LogP contribution is 2.21. The van der Waals surface area contributed by atoms with Crippen LogP contribution in [0, 0.1) is 5.92 Å². The van der Waals surface area contributed by atoms with Crippen LogP contribution in [0.1, 0.15) is 58.9 Å². The zero-order valence-electron chi connectivity index (χ0n) is 19.3. The molecule has 2 aliphatic heterocycles. The first-order valence-corrected chi connectivity index (χ1v) is 11.9. The Kier molecular flexibility index (Phi) is 8.83. The van der Waals surface area contributed by atoms with Gasteiger partial charge in [0.25, 0.3) is 0 Å². The SMILES string of the molecule is CC(C)CCCOC1CCN(Cc2ccc(N3CCN(C(C)C)CC3)cc2)CC1. The van der Waals surface area contributed by atoms with Crippen LogP contribution in [0.5, 0.6) is 0 Å². The van der Waals surface area contributed by atoms with E-state index < -0.39 is 0 Å². The molecule has 0 aromatic heterocycles. The minimum atomic E-state index is 0.477. The molecule has 0 amide bonds. The van der Waals surface area contributed by atoms with Gasteiger partial charge in [-0.1, -0.05) is 26.0 Å². The van der Waals surface area contributed by atoms with Gasteiger partial charge in [-0.25, -0.2) is 0 Å². The van der Waals surface area contributed by atoms with Crippen LogP contribution in [0.3, 0.4) is 0 Å². The van der Waals surface area contributed by atoms with Gasteiger partial charge in [-0.2, -0.15) is 0 Å². The number of piperazine rings is 1. The van der Waals surface area contributed by atoms with Crippen molar-refractivity contribution in [3.63, 3.8) is 0 Å². The van der Waals surface area contributed by atoms with E-state index in [1.807, 2.05) is 0 Å². The predicted octanol–water partition coefficient (Wildman–Crippen LogP) is 4.63. The molecule has 4 heteroatoms. The van der Waals surface area contributed by atoms with Crippen molar-refractivity contribution in [1.29, 1.82) is 0 Å². The third-order valence-corrected chi connectivity index (χ3v) is 6.57. The lowest BCUT2D eigenvalue weighted by atomic mass is 10.1. The summed E-state index contributed by atoms with van der Waals surface area (Å²) in [6, 6.07) is 9.97. The smallest absolute Gasteiger partial charge is 0.0599 e. The first kappa shape index (κ1) is 22.6. The fourth-order valence-electron chi connectivity index (χ4n) is 4.54. The van der Waals surface area contributed by atoms with Crippen LogP contribution in [0.25, 0.3) is 0 Å². The van der Waals surface area contributed by atoms with Crippen molar-refractivity contribution in [3.8, 4) is 0 Å². The second kappa shape index (κ2) is 11.3. The van der Waals surface area contributed by atoms with E-state index in [1.165, 1.54) is 50.0 Å². The summed E-state index contributed by atoms with van der Waals surface area (Å²) in [4.78, 5) is 7.69. The van der Waals surface area contributed by atoms with Gasteiger partial charge in [0.15, 0.2) is 0 Å². The van der Waals surface area contributed by atoms with Crippen molar-refractivity contribution in [2.45, 2.75) is 72.1 Å². The van der Waals surface area contributed by atoms with Gasteiger partial charge in [0.1, 0.15) is 0 Å². The van der Waals surface area contributed by atoms with E-state index >= 15 is 0 Å². The molecule has 0 N–H and O–H groups in total. The van der Waals surface area contributed by atoms with Gasteiger partial charge >= 0.3 is 0 Å². The summed E-state index contributed by atoms with van der Waals surface area (Å²) in [5, 5.41) is 0. The Hall–Kier alpha value is -1.10. The number of anilines is 1. The van der Waals surface area contributed by atoms with Crippen molar-refractivity contribution >= 4 is 5.69 Å². The summed E-state index contributed by atoms with van der Waals surface area (Å²) in [5.41, 5.74) is 2.82. The molecule has 2 heterocycles. The van der Waals surface area contributed by atoms with Gasteiger partial charge in [0.2, 0.25) is 0 Å². The number of likely N-dealkylation sites (tertiary alicyclic amines) is 1. The molecule has 29 heavy (non-hydrogen) atoms. The quantitative estimate of drug-likeness (QED) is 0.561. The van der Waals surface area contributed by atoms with E-state index in [9.17, 15) is 0 Å². The highest BCUT2D eigenvalue weighted by molar-refractivity contribution is 5.48. The molecule has 2 saturated heterocycles. The summed E-state index contributed by atoms with van der Waals surface area (Å²) < 4.78 is 6.10. The lowest BCUT2D eigenvalue weighted by molar-refractivity contribution is 0.00360. The fourth-order valence-corrected chi connectivity index (χ4v) is 4.54. The van der Waals surface area contributed by atoms with E-state index in [4.69, 9.17) is 4.74 Å². The molecule has 4 nitrogen and oxygen atoms in total. The van der Waals surface area contributed by atoms with Gasteiger partial charge in [-0.3, -0.25) is 9.80 Å². The van der Waals surface area contributed by atoms with Crippen molar-refractivity contribution in [3.05, 3.63) is 29.8 Å². The normalized spacial score (nSPS) is 20.1. The minimum Gasteiger partial charge on any atom is -0.378 e. The maximum atomic E-state index is 6.10. The fraction of sp³-hybridized carbons (Fsp3) is 0.760. The lowest BCUT2D eigenvalue weighted by Gasteiger charge is -2.38. The molecule has 0 bridgehead atoms. The predicted molar refractivity (Wildman–Crippen MR) is 124 cm³/mol. The van der Waals surface area contributed by atoms with Gasteiger partial charge in [-0.15, -0.1) is 0 Å². The van der Waals surface area contributed by atoms with E-state index in [-0.39, 0.29) is 0 Å². The summed E-state index contributed by atoms with van der Waals surface area (Å²) in [5.74, 6) is 0.788. The highest BCUT2D eigenvalue weighted by atomic mass is 16.5. The monoisotopic (exact) mass is 401 g/mol. The average molecular weight is 402 g/mol. The first-order valence-electron chi connectivity index (χ1n) is 11.9. The minimum absolute atomic E-state index is 0.477. The molecule has 0 radical (unpaired) electrons. The Morgan fingerprint density at radius 2 is 1.55 bits per heavy atom. The van der Waals surface area contributed by atoms with Crippen molar-refractivity contribution in [2.75, 3.05) is 50.8 Å². The van der Waals surface area contributed by atoms with Crippen LogP contribution in [-0.4, -0.2) is 67.8 Å². The first-order chi connectivity index (χ1) is 14.0. The number of piperidine rings is 1. The average Bonchev–Trinajstić information content (AvgIpc) is 2.73. The number of hydrogen-bond acceptors (Lipinski definition) is 4. The van der Waals surface area contributed by atoms with Crippen molar-refractivity contribution in [1.82, 2.24) is 9.80 Å². The largest absolute Gasteiger partial charge is 0.378 e. The third kappa shape index (κ3) is 7.27. The summed E-state index contributed by atoms with van der Waals surface area (Å²) in [6.07, 6.45) is 5.32. The van der Waals surface area contributed by atoms with Gasteiger partial charge in [0.05, 0.1) is 6.10 Å². The van der Waals surface area contributed by atoms with Crippen LogP contribution in [0.2, 0.25) is 0 Å². The zero-order valence-corrected chi connectivity index (χ0v) is 19.3. The standard InChI is InChI=1S/C25H43N3O/c1-21(2)6-5-19-29-25-11-13-26(14-12-25)20-23-7-9-24(10-8-23)28-17-15-27(16-18-28)22(3)4/h7-10,21-22,25H,5-6,11-20H2,1-4H3. The van der Waals surface area contributed by atoms with Crippen LogP contribution in [-0.2, 0) is 11.3 Å². The molecular formula is C25H43N3O. The summed E-state index contributed by atoms with van der Waals surface area (Å²) in [7, 11) is 0. The summed E-state index contributed by atoms with van der Waals surface area (Å²) >= 11 is 0. The van der Waals surface area contributed by atoms with Gasteiger partial charge < -0.3 is 9.64 Å². The molecule has 0 atom stereocenters. The Morgan fingerprint density at radius 1 is 0.897 bits per heavy atom. The Labute approximate surface area is 179 Å². The molecule has 1 aromatic rings. The van der Waals surface area contributed by atoms with Gasteiger partial charge in [-0.05, 0) is 63.1 Å². The van der Waals surface area contributed by atoms with E-state index in [1.54, 1.807) is 0 Å². The lowest BCUT2D eigenvalue weighted by Crippen LogP contribution is -2.48. The van der Waals surface area contributed by atoms with Crippen LogP contribution in [0.15, 0.2) is 24.3 Å². The summed E-state index contributed by atoms with van der Waals surface area (Å²) in [6.45, 7) is 18.1. The number of ether oxygens (including phenoxy) is 1. The number of nitrogens with zero attached hydrogens (tertiary/aromatic N) is 3. The third-order valence-electron chi connectivity index (χ3n) is 6.57. The molecule has 0 saturated carbocycles. The molecule has 164 valence electrons. The molecule has 2 aliphatic rings.